The molecule has 2 atom stereocenters. The minimum atomic E-state index is -1.67. The second-order valence-corrected chi connectivity index (χ2v) is 3.05. The van der Waals surface area contributed by atoms with E-state index in [2.05, 4.69) is 20.7 Å². The highest BCUT2D eigenvalue weighted by atomic mass is 79.9. The van der Waals surface area contributed by atoms with Gasteiger partial charge in [0.15, 0.2) is 5.60 Å². The third-order valence-electron chi connectivity index (χ3n) is 1.82. The van der Waals surface area contributed by atoms with E-state index in [1.807, 2.05) is 0 Å². The van der Waals surface area contributed by atoms with E-state index < -0.39 is 23.5 Å². The van der Waals surface area contributed by atoms with E-state index in [9.17, 15) is 14.7 Å². The largest absolute Gasteiger partial charge is 0.391 e. The highest BCUT2D eigenvalue weighted by Crippen LogP contribution is 2.29. The van der Waals surface area contributed by atoms with Gasteiger partial charge >= 0.3 is 11.9 Å². The Morgan fingerprint density at radius 3 is 2.45 bits per heavy atom. The predicted molar refractivity (Wildman–Crippen MR) is 39.0 cm³/mol. The fourth-order valence-electron chi connectivity index (χ4n) is 0.810. The van der Waals surface area contributed by atoms with E-state index in [1.165, 1.54) is 6.92 Å². The summed E-state index contributed by atoms with van der Waals surface area (Å²) >= 11 is 2.94. The summed E-state index contributed by atoms with van der Waals surface area (Å²) in [5, 5.41) is 9.48. The molecule has 0 spiro atoms. The van der Waals surface area contributed by atoms with E-state index in [1.54, 1.807) is 0 Å². The predicted octanol–water partition coefficient (Wildman–Crippen LogP) is -0.168. The molecule has 5 heteroatoms. The molecule has 1 fully saturated rings. The van der Waals surface area contributed by atoms with Crippen LogP contribution in [0.15, 0.2) is 0 Å². The molecule has 0 saturated carbocycles. The summed E-state index contributed by atoms with van der Waals surface area (Å²) in [6, 6.07) is 0. The van der Waals surface area contributed by atoms with Crippen LogP contribution < -0.4 is 0 Å². The van der Waals surface area contributed by atoms with Gasteiger partial charge in [0.05, 0.1) is 5.92 Å². The average molecular weight is 223 g/mol. The molecule has 0 aromatic carbocycles. The van der Waals surface area contributed by atoms with Crippen LogP contribution in [0, 0.1) is 5.92 Å². The first-order valence-electron chi connectivity index (χ1n) is 3.07. The van der Waals surface area contributed by atoms with Crippen molar-refractivity contribution in [2.75, 3.05) is 5.33 Å². The molecule has 1 aliphatic heterocycles. The summed E-state index contributed by atoms with van der Waals surface area (Å²) < 4.78 is 4.22. The van der Waals surface area contributed by atoms with Gasteiger partial charge in [-0.15, -0.1) is 0 Å². The summed E-state index contributed by atoms with van der Waals surface area (Å²) in [5.74, 6) is -2.32. The molecule has 62 valence electrons. The van der Waals surface area contributed by atoms with Crippen LogP contribution in [0.3, 0.4) is 0 Å². The van der Waals surface area contributed by atoms with Crippen molar-refractivity contribution in [1.29, 1.82) is 0 Å². The van der Waals surface area contributed by atoms with Crippen LogP contribution in [0.25, 0.3) is 0 Å². The van der Waals surface area contributed by atoms with Crippen molar-refractivity contribution in [2.45, 2.75) is 12.5 Å². The van der Waals surface area contributed by atoms with Crippen molar-refractivity contribution in [3.8, 4) is 0 Å². The summed E-state index contributed by atoms with van der Waals surface area (Å²) in [6.07, 6.45) is 0. The number of halogens is 1. The summed E-state index contributed by atoms with van der Waals surface area (Å²) in [4.78, 5) is 21.6. The minimum absolute atomic E-state index is 0.0196. The van der Waals surface area contributed by atoms with Crippen LogP contribution in [0.4, 0.5) is 0 Å². The Bertz CT molecular complexity index is 215. The van der Waals surface area contributed by atoms with Gasteiger partial charge in [-0.2, -0.15) is 0 Å². The van der Waals surface area contributed by atoms with Crippen molar-refractivity contribution in [2.24, 2.45) is 5.92 Å². The number of carbonyl (C=O) groups is 2. The summed E-state index contributed by atoms with van der Waals surface area (Å²) in [5.41, 5.74) is -1.67. The van der Waals surface area contributed by atoms with Crippen LogP contribution in [0.5, 0.6) is 0 Å². The van der Waals surface area contributed by atoms with E-state index >= 15 is 0 Å². The Kier molecular flexibility index (Phi) is 2.02. The van der Waals surface area contributed by atoms with Gasteiger partial charge in [-0.05, 0) is 6.92 Å². The number of hydrogen-bond donors (Lipinski definition) is 1. The molecular formula is C6H7BrO4. The second kappa shape index (κ2) is 2.57. The van der Waals surface area contributed by atoms with Crippen LogP contribution in [-0.2, 0) is 14.3 Å². The molecule has 1 aliphatic rings. The van der Waals surface area contributed by atoms with Gasteiger partial charge in [0, 0.05) is 5.33 Å². The zero-order valence-electron chi connectivity index (χ0n) is 5.83. The SMILES string of the molecule is CC1C(=O)OC(=O)C1(O)CBr. The second-order valence-electron chi connectivity index (χ2n) is 2.49. The molecule has 0 aromatic heterocycles. The Balaban J connectivity index is 2.96. The van der Waals surface area contributed by atoms with Crippen LogP contribution in [0.2, 0.25) is 0 Å². The molecule has 0 radical (unpaired) electrons. The number of hydrogen-bond acceptors (Lipinski definition) is 4. The zero-order valence-corrected chi connectivity index (χ0v) is 7.42. The Hall–Kier alpha value is -0.420. The molecule has 0 aliphatic carbocycles. The van der Waals surface area contributed by atoms with Gasteiger partial charge in [-0.1, -0.05) is 15.9 Å². The number of aliphatic hydroxyl groups is 1. The Morgan fingerprint density at radius 1 is 1.73 bits per heavy atom. The highest BCUT2D eigenvalue weighted by molar-refractivity contribution is 9.09. The first-order valence-corrected chi connectivity index (χ1v) is 4.19. The van der Waals surface area contributed by atoms with Crippen LogP contribution >= 0.6 is 15.9 Å². The highest BCUT2D eigenvalue weighted by Gasteiger charge is 2.53. The van der Waals surface area contributed by atoms with Gasteiger partial charge in [-0.25, -0.2) is 4.79 Å². The topological polar surface area (TPSA) is 63.6 Å². The van der Waals surface area contributed by atoms with Crippen LogP contribution in [-0.4, -0.2) is 28.0 Å². The standard InChI is InChI=1S/C6H7BrO4/c1-3-4(8)11-5(9)6(3,10)2-7/h3,10H,2H2,1H3. The molecule has 0 bridgehead atoms. The minimum Gasteiger partial charge on any atom is -0.391 e. The van der Waals surface area contributed by atoms with E-state index in [0.29, 0.717) is 0 Å². The maximum Gasteiger partial charge on any atom is 0.347 e. The van der Waals surface area contributed by atoms with Gasteiger partial charge in [0.2, 0.25) is 0 Å². The van der Waals surface area contributed by atoms with Crippen molar-refractivity contribution < 1.29 is 19.4 Å². The van der Waals surface area contributed by atoms with Crippen molar-refractivity contribution in [3.05, 3.63) is 0 Å². The first kappa shape index (κ1) is 8.67. The third kappa shape index (κ3) is 1.08. The average Bonchev–Trinajstić information content (AvgIpc) is 2.16. The van der Waals surface area contributed by atoms with Crippen LogP contribution in [0.1, 0.15) is 6.92 Å². The lowest BCUT2D eigenvalue weighted by atomic mass is 9.94. The lowest BCUT2D eigenvalue weighted by molar-refractivity contribution is -0.157. The van der Waals surface area contributed by atoms with E-state index in [4.69, 9.17) is 0 Å². The van der Waals surface area contributed by atoms with Crippen molar-refractivity contribution in [3.63, 3.8) is 0 Å². The summed E-state index contributed by atoms with van der Waals surface area (Å²) in [7, 11) is 0. The van der Waals surface area contributed by atoms with Gasteiger partial charge in [0.1, 0.15) is 0 Å². The van der Waals surface area contributed by atoms with Crippen molar-refractivity contribution >= 4 is 27.9 Å². The quantitative estimate of drug-likeness (QED) is 0.381. The zero-order chi connectivity index (χ0) is 8.65. The maximum absolute atomic E-state index is 10.8. The van der Waals surface area contributed by atoms with Gasteiger partial charge in [-0.3, -0.25) is 4.79 Å². The Morgan fingerprint density at radius 2 is 2.27 bits per heavy atom. The normalized spacial score (nSPS) is 37.5. The molecule has 4 nitrogen and oxygen atoms in total. The first-order chi connectivity index (χ1) is 5.02. The Labute approximate surface area is 71.7 Å². The van der Waals surface area contributed by atoms with Crippen molar-refractivity contribution in [1.82, 2.24) is 0 Å². The lowest BCUT2D eigenvalue weighted by Crippen LogP contribution is -2.41. The number of esters is 2. The fourth-order valence-corrected chi connectivity index (χ4v) is 1.52. The lowest BCUT2D eigenvalue weighted by Gasteiger charge is -2.16. The van der Waals surface area contributed by atoms with E-state index in [0.717, 1.165) is 0 Å². The molecule has 0 aromatic rings. The number of rotatable bonds is 1. The fraction of sp³-hybridized carbons (Fsp3) is 0.667. The monoisotopic (exact) mass is 222 g/mol. The smallest absolute Gasteiger partial charge is 0.347 e. The number of carbonyl (C=O) groups excluding carboxylic acids is 2. The molecule has 1 N–H and O–H groups in total. The summed E-state index contributed by atoms with van der Waals surface area (Å²) in [6.45, 7) is 1.45. The number of cyclic esters (lactones) is 2. The van der Waals surface area contributed by atoms with Gasteiger partial charge < -0.3 is 9.84 Å². The third-order valence-corrected chi connectivity index (χ3v) is 2.68. The molecule has 1 saturated heterocycles. The number of alkyl halides is 1. The molecule has 1 heterocycles. The van der Waals surface area contributed by atoms with Gasteiger partial charge in [0.25, 0.3) is 0 Å². The molecule has 1 rings (SSSR count). The number of ether oxygens (including phenoxy) is 1. The maximum atomic E-state index is 10.8. The molecule has 11 heavy (non-hydrogen) atoms. The molecule has 0 amide bonds. The molecule has 2 unspecified atom stereocenters. The van der Waals surface area contributed by atoms with E-state index in [-0.39, 0.29) is 5.33 Å². The molecular weight excluding hydrogens is 216 g/mol.